The Hall–Kier alpha value is -3.53. The molecule has 3 aromatic carbocycles. The molecule has 0 aliphatic carbocycles. The number of carbonyl (C=O) groups excluding carboxylic acids is 1. The van der Waals surface area contributed by atoms with E-state index < -0.39 is 0 Å². The summed E-state index contributed by atoms with van der Waals surface area (Å²) >= 11 is 0. The average molecular weight is 413 g/mol. The third-order valence-corrected chi connectivity index (χ3v) is 5.55. The van der Waals surface area contributed by atoms with Gasteiger partial charge >= 0.3 is 0 Å². The first-order chi connectivity index (χ1) is 14.9. The Kier molecular flexibility index (Phi) is 5.55. The molecule has 0 aliphatic rings. The van der Waals surface area contributed by atoms with Gasteiger partial charge < -0.3 is 14.6 Å². The number of carbonyl (C=O) groups is 1. The number of nitrogens with zero attached hydrogens (tertiary/aromatic N) is 1. The van der Waals surface area contributed by atoms with Crippen LogP contribution in [-0.2, 0) is 12.0 Å². The zero-order valence-electron chi connectivity index (χ0n) is 18.5. The third kappa shape index (κ3) is 4.33. The molecule has 0 fully saturated rings. The first-order valence-corrected chi connectivity index (χ1v) is 10.5. The molecule has 4 nitrogen and oxygen atoms in total. The normalized spacial score (nSPS) is 11.5. The van der Waals surface area contributed by atoms with E-state index >= 15 is 0 Å². The molecule has 1 N–H and O–H groups in total. The van der Waals surface area contributed by atoms with Crippen LogP contribution in [0, 0.1) is 0 Å². The highest BCUT2D eigenvalue weighted by molar-refractivity contribution is 6.00. The van der Waals surface area contributed by atoms with Gasteiger partial charge in [-0.2, -0.15) is 0 Å². The Bertz CT molecular complexity index is 1200. The van der Waals surface area contributed by atoms with Crippen LogP contribution < -0.4 is 10.1 Å². The predicted molar refractivity (Wildman–Crippen MR) is 126 cm³/mol. The highest BCUT2D eigenvalue weighted by Gasteiger charge is 2.17. The molecule has 4 aromatic rings. The van der Waals surface area contributed by atoms with E-state index in [1.807, 2.05) is 59.2 Å². The van der Waals surface area contributed by atoms with Crippen LogP contribution in [0.3, 0.4) is 0 Å². The second-order valence-electron chi connectivity index (χ2n) is 8.75. The fourth-order valence-electron chi connectivity index (χ4n) is 3.73. The van der Waals surface area contributed by atoms with Crippen LogP contribution in [0.5, 0.6) is 5.75 Å². The molecule has 0 aliphatic heterocycles. The molecule has 0 saturated heterocycles. The zero-order valence-corrected chi connectivity index (χ0v) is 18.5. The molecule has 0 saturated carbocycles. The molecule has 4 rings (SSSR count). The average Bonchev–Trinajstić information content (AvgIpc) is 3.17. The van der Waals surface area contributed by atoms with E-state index in [-0.39, 0.29) is 11.3 Å². The largest absolute Gasteiger partial charge is 0.497 e. The first-order valence-electron chi connectivity index (χ1n) is 10.5. The molecule has 0 atom stereocenters. The van der Waals surface area contributed by atoms with Crippen LogP contribution in [0.15, 0.2) is 78.9 Å². The maximum absolute atomic E-state index is 13.2. The number of ether oxygens (including phenoxy) is 1. The lowest BCUT2D eigenvalue weighted by Crippen LogP contribution is -2.25. The summed E-state index contributed by atoms with van der Waals surface area (Å²) in [5.41, 5.74) is 4.99. The second kappa shape index (κ2) is 8.31. The van der Waals surface area contributed by atoms with Crippen LogP contribution in [0.4, 0.5) is 0 Å². The van der Waals surface area contributed by atoms with Crippen LogP contribution in [-0.4, -0.2) is 17.6 Å². The number of benzene rings is 3. The van der Waals surface area contributed by atoms with Crippen LogP contribution in [0.2, 0.25) is 0 Å². The SMILES string of the molecule is COc1ccc(-n2c(C(=O)NCc3ccc(C(C)(C)C)cc3)cc3ccccc32)cc1. The number of fused-ring (bicyclic) bond motifs is 1. The lowest BCUT2D eigenvalue weighted by molar-refractivity contribution is 0.0944. The molecule has 31 heavy (non-hydrogen) atoms. The minimum Gasteiger partial charge on any atom is -0.497 e. The fourth-order valence-corrected chi connectivity index (χ4v) is 3.73. The minimum absolute atomic E-state index is 0.105. The summed E-state index contributed by atoms with van der Waals surface area (Å²) in [4.78, 5) is 13.2. The zero-order chi connectivity index (χ0) is 22.0. The van der Waals surface area contributed by atoms with Gasteiger partial charge in [-0.05, 0) is 52.9 Å². The Morgan fingerprint density at radius 1 is 0.935 bits per heavy atom. The number of para-hydroxylation sites is 1. The number of amides is 1. The number of methoxy groups -OCH3 is 1. The number of hydrogen-bond acceptors (Lipinski definition) is 2. The number of rotatable bonds is 5. The first kappa shape index (κ1) is 20.7. The standard InChI is InChI=1S/C27H28N2O2/c1-27(2,3)21-11-9-19(10-12-21)18-28-26(30)25-17-20-7-5-6-8-24(20)29(25)22-13-15-23(31-4)16-14-22/h5-17H,18H2,1-4H3,(H,28,30). The van der Waals surface area contributed by atoms with Gasteiger partial charge in [0.15, 0.2) is 0 Å². The summed E-state index contributed by atoms with van der Waals surface area (Å²) in [6.45, 7) is 7.07. The van der Waals surface area contributed by atoms with E-state index in [2.05, 4.69) is 50.4 Å². The molecule has 0 unspecified atom stereocenters. The Balaban J connectivity index is 1.62. The van der Waals surface area contributed by atoms with Crippen molar-refractivity contribution in [3.63, 3.8) is 0 Å². The lowest BCUT2D eigenvalue weighted by atomic mass is 9.87. The van der Waals surface area contributed by atoms with Crippen molar-refractivity contribution >= 4 is 16.8 Å². The van der Waals surface area contributed by atoms with Gasteiger partial charge in [-0.1, -0.05) is 63.2 Å². The van der Waals surface area contributed by atoms with Crippen LogP contribution >= 0.6 is 0 Å². The molecular formula is C27H28N2O2. The van der Waals surface area contributed by atoms with Crippen molar-refractivity contribution in [1.82, 2.24) is 9.88 Å². The maximum Gasteiger partial charge on any atom is 0.268 e. The Morgan fingerprint density at radius 3 is 2.26 bits per heavy atom. The van der Waals surface area contributed by atoms with Crippen molar-refractivity contribution in [2.24, 2.45) is 0 Å². The highest BCUT2D eigenvalue weighted by atomic mass is 16.5. The quantitative estimate of drug-likeness (QED) is 0.446. The van der Waals surface area contributed by atoms with Gasteiger partial charge in [0.25, 0.3) is 5.91 Å². The number of aromatic nitrogens is 1. The monoisotopic (exact) mass is 412 g/mol. The molecule has 0 spiro atoms. The van der Waals surface area contributed by atoms with E-state index in [1.165, 1.54) is 5.56 Å². The van der Waals surface area contributed by atoms with Crippen LogP contribution in [0.1, 0.15) is 42.4 Å². The van der Waals surface area contributed by atoms with Crippen molar-refractivity contribution in [3.05, 3.63) is 95.7 Å². The van der Waals surface area contributed by atoms with Crippen molar-refractivity contribution in [2.75, 3.05) is 7.11 Å². The summed E-state index contributed by atoms with van der Waals surface area (Å²) in [6.07, 6.45) is 0. The topological polar surface area (TPSA) is 43.3 Å². The molecule has 158 valence electrons. The summed E-state index contributed by atoms with van der Waals surface area (Å²) in [5.74, 6) is 0.678. The molecule has 0 radical (unpaired) electrons. The Labute approximate surface area is 183 Å². The molecule has 4 heteroatoms. The Morgan fingerprint density at radius 2 is 1.61 bits per heavy atom. The van der Waals surface area contributed by atoms with Gasteiger partial charge in [-0.25, -0.2) is 0 Å². The fraction of sp³-hybridized carbons (Fsp3) is 0.222. The van der Waals surface area contributed by atoms with E-state index in [0.717, 1.165) is 27.9 Å². The van der Waals surface area contributed by atoms with Gasteiger partial charge in [-0.15, -0.1) is 0 Å². The lowest BCUT2D eigenvalue weighted by Gasteiger charge is -2.19. The highest BCUT2D eigenvalue weighted by Crippen LogP contribution is 2.26. The van der Waals surface area contributed by atoms with E-state index in [4.69, 9.17) is 4.74 Å². The van der Waals surface area contributed by atoms with Crippen molar-refractivity contribution in [3.8, 4) is 11.4 Å². The molecule has 1 aromatic heterocycles. The molecule has 1 heterocycles. The van der Waals surface area contributed by atoms with E-state index in [0.29, 0.717) is 12.2 Å². The minimum atomic E-state index is -0.105. The van der Waals surface area contributed by atoms with E-state index in [9.17, 15) is 4.79 Å². The summed E-state index contributed by atoms with van der Waals surface area (Å²) < 4.78 is 7.27. The second-order valence-corrected chi connectivity index (χ2v) is 8.75. The van der Waals surface area contributed by atoms with Gasteiger partial charge in [0.05, 0.1) is 12.6 Å². The summed E-state index contributed by atoms with van der Waals surface area (Å²) in [5, 5.41) is 4.11. The summed E-state index contributed by atoms with van der Waals surface area (Å²) in [7, 11) is 1.65. The van der Waals surface area contributed by atoms with E-state index in [1.54, 1.807) is 7.11 Å². The number of nitrogens with one attached hydrogen (secondary N) is 1. The molecule has 0 bridgehead atoms. The molecule has 1 amide bonds. The van der Waals surface area contributed by atoms with Crippen molar-refractivity contribution < 1.29 is 9.53 Å². The van der Waals surface area contributed by atoms with Gasteiger partial charge in [-0.3, -0.25) is 4.79 Å². The summed E-state index contributed by atoms with van der Waals surface area (Å²) in [6, 6.07) is 26.1. The maximum atomic E-state index is 13.2. The van der Waals surface area contributed by atoms with Gasteiger partial charge in [0, 0.05) is 17.6 Å². The predicted octanol–water partition coefficient (Wildman–Crippen LogP) is 5.87. The molecular weight excluding hydrogens is 384 g/mol. The number of hydrogen-bond donors (Lipinski definition) is 1. The van der Waals surface area contributed by atoms with Crippen LogP contribution in [0.25, 0.3) is 16.6 Å². The smallest absolute Gasteiger partial charge is 0.268 e. The van der Waals surface area contributed by atoms with Gasteiger partial charge in [0.2, 0.25) is 0 Å². The third-order valence-electron chi connectivity index (χ3n) is 5.55. The van der Waals surface area contributed by atoms with Crippen molar-refractivity contribution in [2.45, 2.75) is 32.7 Å². The van der Waals surface area contributed by atoms with Gasteiger partial charge in [0.1, 0.15) is 11.4 Å². The van der Waals surface area contributed by atoms with Crippen molar-refractivity contribution in [1.29, 1.82) is 0 Å².